The summed E-state index contributed by atoms with van der Waals surface area (Å²) in [6.45, 7) is 2.02. The molecule has 0 fully saturated rings. The molecule has 0 radical (unpaired) electrons. The molecule has 0 aliphatic carbocycles. The van der Waals surface area contributed by atoms with Crippen molar-refractivity contribution in [1.29, 1.82) is 0 Å². The number of aliphatic hydroxyl groups is 1. The molecule has 0 bridgehead atoms. The van der Waals surface area contributed by atoms with Crippen molar-refractivity contribution in [3.63, 3.8) is 0 Å². The van der Waals surface area contributed by atoms with Gasteiger partial charge in [0.05, 0.1) is 0 Å². The Labute approximate surface area is 86.6 Å². The number of aryl methyl sites for hydroxylation is 1. The van der Waals surface area contributed by atoms with Gasteiger partial charge in [-0.3, -0.25) is 0 Å². The van der Waals surface area contributed by atoms with Crippen LogP contribution >= 0.6 is 23.4 Å². The minimum Gasteiger partial charge on any atom is -0.396 e. The van der Waals surface area contributed by atoms with Gasteiger partial charge in [-0.15, -0.1) is 11.8 Å². The summed E-state index contributed by atoms with van der Waals surface area (Å²) < 4.78 is 0. The first-order valence-electron chi connectivity index (χ1n) is 3.97. The first kappa shape index (κ1) is 10.8. The Hall–Kier alpha value is -0.320. The fraction of sp³-hybridized carbons (Fsp3) is 0.500. The Kier molecular flexibility index (Phi) is 4.48. The number of hydrogen-bond donors (Lipinski definition) is 1. The van der Waals surface area contributed by atoms with Gasteiger partial charge in [0.15, 0.2) is 0 Å². The minimum atomic E-state index is 0.213. The van der Waals surface area contributed by atoms with Crippen molar-refractivity contribution in [3.8, 4) is 0 Å². The van der Waals surface area contributed by atoms with E-state index < -0.39 is 0 Å². The SMILES string of the molecule is Cc1nc(Cl)cc(SCCCO)n1. The molecule has 0 aliphatic rings. The Balaban J connectivity index is 2.56. The van der Waals surface area contributed by atoms with Crippen LogP contribution in [0.1, 0.15) is 12.2 Å². The predicted molar refractivity (Wildman–Crippen MR) is 54.2 cm³/mol. The zero-order valence-corrected chi connectivity index (χ0v) is 8.90. The third-order valence-electron chi connectivity index (χ3n) is 1.34. The fourth-order valence-electron chi connectivity index (χ4n) is 0.821. The molecule has 0 atom stereocenters. The van der Waals surface area contributed by atoms with Gasteiger partial charge in [0, 0.05) is 18.4 Å². The number of thioether (sulfide) groups is 1. The third-order valence-corrected chi connectivity index (χ3v) is 2.53. The number of halogens is 1. The first-order chi connectivity index (χ1) is 6.22. The molecule has 1 rings (SSSR count). The van der Waals surface area contributed by atoms with Gasteiger partial charge >= 0.3 is 0 Å². The Morgan fingerprint density at radius 1 is 1.54 bits per heavy atom. The summed E-state index contributed by atoms with van der Waals surface area (Å²) in [6.07, 6.45) is 0.769. The average molecular weight is 219 g/mol. The standard InChI is InChI=1S/C8H11ClN2OS/c1-6-10-7(9)5-8(11-6)13-4-2-3-12/h5,12H,2-4H2,1H3. The topological polar surface area (TPSA) is 46.0 Å². The third kappa shape index (κ3) is 3.93. The van der Waals surface area contributed by atoms with Crippen LogP contribution in [-0.4, -0.2) is 27.4 Å². The Bertz CT molecular complexity index is 263. The van der Waals surface area contributed by atoms with Crippen LogP contribution in [0.25, 0.3) is 0 Å². The largest absolute Gasteiger partial charge is 0.396 e. The van der Waals surface area contributed by atoms with E-state index in [-0.39, 0.29) is 6.61 Å². The molecule has 3 nitrogen and oxygen atoms in total. The van der Waals surface area contributed by atoms with Crippen LogP contribution in [0.4, 0.5) is 0 Å². The van der Waals surface area contributed by atoms with Crippen LogP contribution < -0.4 is 0 Å². The van der Waals surface area contributed by atoms with Crippen LogP contribution in [0.3, 0.4) is 0 Å². The summed E-state index contributed by atoms with van der Waals surface area (Å²) >= 11 is 7.33. The van der Waals surface area contributed by atoms with Gasteiger partial charge in [0.2, 0.25) is 0 Å². The summed E-state index contributed by atoms with van der Waals surface area (Å²) in [7, 11) is 0. The molecule has 1 aromatic rings. The molecule has 0 saturated carbocycles. The van der Waals surface area contributed by atoms with E-state index in [2.05, 4.69) is 9.97 Å². The van der Waals surface area contributed by atoms with Crippen molar-refractivity contribution in [3.05, 3.63) is 17.0 Å². The molecule has 0 aliphatic heterocycles. The van der Waals surface area contributed by atoms with Crippen molar-refractivity contribution >= 4 is 23.4 Å². The summed E-state index contributed by atoms with van der Waals surface area (Å²) in [5.74, 6) is 1.53. The average Bonchev–Trinajstić information content (AvgIpc) is 2.03. The van der Waals surface area contributed by atoms with Crippen molar-refractivity contribution in [1.82, 2.24) is 9.97 Å². The maximum absolute atomic E-state index is 8.58. The lowest BCUT2D eigenvalue weighted by atomic mass is 10.5. The lowest BCUT2D eigenvalue weighted by Gasteiger charge is -2.00. The van der Waals surface area contributed by atoms with E-state index in [9.17, 15) is 0 Å². The number of aromatic nitrogens is 2. The van der Waals surface area contributed by atoms with E-state index in [1.807, 2.05) is 6.92 Å². The fourth-order valence-corrected chi connectivity index (χ4v) is 1.99. The van der Waals surface area contributed by atoms with Gasteiger partial charge < -0.3 is 5.11 Å². The molecular formula is C8H11ClN2OS. The summed E-state index contributed by atoms with van der Waals surface area (Å²) in [4.78, 5) is 8.15. The van der Waals surface area contributed by atoms with E-state index in [4.69, 9.17) is 16.7 Å². The zero-order valence-electron chi connectivity index (χ0n) is 7.33. The quantitative estimate of drug-likeness (QED) is 0.477. The van der Waals surface area contributed by atoms with Crippen LogP contribution in [0, 0.1) is 6.92 Å². The van der Waals surface area contributed by atoms with Crippen LogP contribution in [-0.2, 0) is 0 Å². The molecule has 5 heteroatoms. The van der Waals surface area contributed by atoms with Crippen molar-refractivity contribution < 1.29 is 5.11 Å². The van der Waals surface area contributed by atoms with Gasteiger partial charge in [-0.1, -0.05) is 11.6 Å². The number of nitrogens with zero attached hydrogens (tertiary/aromatic N) is 2. The van der Waals surface area contributed by atoms with Crippen molar-refractivity contribution in [2.75, 3.05) is 12.4 Å². The predicted octanol–water partition coefficient (Wildman–Crippen LogP) is 1.91. The van der Waals surface area contributed by atoms with Crippen LogP contribution in [0.5, 0.6) is 0 Å². The summed E-state index contributed by atoms with van der Waals surface area (Å²) in [5.41, 5.74) is 0. The lowest BCUT2D eigenvalue weighted by molar-refractivity contribution is 0.296. The van der Waals surface area contributed by atoms with E-state index in [1.54, 1.807) is 17.8 Å². The molecule has 72 valence electrons. The van der Waals surface area contributed by atoms with E-state index >= 15 is 0 Å². The van der Waals surface area contributed by atoms with E-state index in [1.165, 1.54) is 0 Å². The smallest absolute Gasteiger partial charge is 0.133 e. The first-order valence-corrected chi connectivity index (χ1v) is 5.33. The number of rotatable bonds is 4. The molecule has 0 unspecified atom stereocenters. The molecule has 0 saturated heterocycles. The molecule has 0 amide bonds. The van der Waals surface area contributed by atoms with Crippen molar-refractivity contribution in [2.24, 2.45) is 0 Å². The Morgan fingerprint density at radius 2 is 2.31 bits per heavy atom. The highest BCUT2D eigenvalue weighted by molar-refractivity contribution is 7.99. The monoisotopic (exact) mass is 218 g/mol. The second-order valence-electron chi connectivity index (χ2n) is 2.50. The normalized spacial score (nSPS) is 10.4. The summed E-state index contributed by atoms with van der Waals surface area (Å²) in [6, 6.07) is 1.73. The highest BCUT2D eigenvalue weighted by atomic mass is 35.5. The Morgan fingerprint density at radius 3 is 2.92 bits per heavy atom. The zero-order chi connectivity index (χ0) is 9.68. The van der Waals surface area contributed by atoms with Gasteiger partial charge in [0.25, 0.3) is 0 Å². The van der Waals surface area contributed by atoms with Crippen LogP contribution in [0.2, 0.25) is 5.15 Å². The molecule has 1 aromatic heterocycles. The van der Waals surface area contributed by atoms with Crippen LogP contribution in [0.15, 0.2) is 11.1 Å². The van der Waals surface area contributed by atoms with E-state index in [0.29, 0.717) is 11.0 Å². The molecule has 1 heterocycles. The van der Waals surface area contributed by atoms with Gasteiger partial charge in [-0.05, 0) is 13.3 Å². The maximum atomic E-state index is 8.58. The summed E-state index contributed by atoms with van der Waals surface area (Å²) in [5, 5.41) is 9.92. The van der Waals surface area contributed by atoms with Crippen molar-refractivity contribution in [2.45, 2.75) is 18.4 Å². The molecular weight excluding hydrogens is 208 g/mol. The second kappa shape index (κ2) is 5.42. The van der Waals surface area contributed by atoms with Gasteiger partial charge in [-0.2, -0.15) is 0 Å². The van der Waals surface area contributed by atoms with Gasteiger partial charge in [-0.25, -0.2) is 9.97 Å². The minimum absolute atomic E-state index is 0.213. The number of hydrogen-bond acceptors (Lipinski definition) is 4. The highest BCUT2D eigenvalue weighted by Crippen LogP contribution is 2.18. The van der Waals surface area contributed by atoms with Gasteiger partial charge in [0.1, 0.15) is 16.0 Å². The lowest BCUT2D eigenvalue weighted by Crippen LogP contribution is -1.92. The van der Waals surface area contributed by atoms with E-state index in [0.717, 1.165) is 17.2 Å². The second-order valence-corrected chi connectivity index (χ2v) is 4.00. The highest BCUT2D eigenvalue weighted by Gasteiger charge is 1.99. The molecule has 0 aromatic carbocycles. The molecule has 1 N–H and O–H groups in total. The molecule has 0 spiro atoms. The maximum Gasteiger partial charge on any atom is 0.133 e. The molecule has 13 heavy (non-hydrogen) atoms. The number of aliphatic hydroxyl groups excluding tert-OH is 1.